The Hall–Kier alpha value is -1.65. The van der Waals surface area contributed by atoms with Gasteiger partial charge in [0.15, 0.2) is 5.69 Å². The van der Waals surface area contributed by atoms with Crippen LogP contribution in [0, 0.1) is 5.95 Å². The zero-order valence-electron chi connectivity index (χ0n) is 8.82. The molecular weight excluding hydrogens is 280 g/mol. The fraction of sp³-hybridized carbons (Fsp3) is 0. The van der Waals surface area contributed by atoms with E-state index in [0.29, 0.717) is 5.56 Å². The molecule has 1 heterocycles. The van der Waals surface area contributed by atoms with Gasteiger partial charge < -0.3 is 5.11 Å². The first-order chi connectivity index (χ1) is 8.50. The molecule has 0 saturated carbocycles. The molecule has 0 fully saturated rings. The Balaban J connectivity index is 2.58. The third kappa shape index (κ3) is 2.30. The monoisotopic (exact) mass is 285 g/mol. The van der Waals surface area contributed by atoms with Crippen LogP contribution in [0.3, 0.4) is 0 Å². The molecule has 0 atom stereocenters. The average Bonchev–Trinajstić information content (AvgIpc) is 2.33. The van der Waals surface area contributed by atoms with Gasteiger partial charge in [0.25, 0.3) is 0 Å². The van der Waals surface area contributed by atoms with Gasteiger partial charge in [-0.2, -0.15) is 4.39 Å². The van der Waals surface area contributed by atoms with Crippen LogP contribution >= 0.6 is 23.2 Å². The van der Waals surface area contributed by atoms with Crippen LogP contribution in [-0.2, 0) is 0 Å². The highest BCUT2D eigenvalue weighted by molar-refractivity contribution is 6.43. The molecule has 18 heavy (non-hydrogen) atoms. The summed E-state index contributed by atoms with van der Waals surface area (Å²) in [5.74, 6) is -2.20. The summed E-state index contributed by atoms with van der Waals surface area (Å²) in [5.41, 5.74) is 0.105. The number of hydrogen-bond donors (Lipinski definition) is 1. The number of carboxylic acids is 1. The smallest absolute Gasteiger partial charge is 0.354 e. The highest BCUT2D eigenvalue weighted by Gasteiger charge is 2.14. The molecule has 92 valence electrons. The first kappa shape index (κ1) is 12.8. The van der Waals surface area contributed by atoms with Crippen LogP contribution in [0.4, 0.5) is 4.39 Å². The molecule has 3 nitrogen and oxygen atoms in total. The lowest BCUT2D eigenvalue weighted by Crippen LogP contribution is -2.02. The lowest BCUT2D eigenvalue weighted by Gasteiger charge is -2.07. The Kier molecular flexibility index (Phi) is 3.50. The molecule has 0 spiro atoms. The lowest BCUT2D eigenvalue weighted by atomic mass is 10.1. The number of hydrogen-bond acceptors (Lipinski definition) is 2. The van der Waals surface area contributed by atoms with E-state index >= 15 is 0 Å². The Labute approximate surface area is 112 Å². The molecule has 0 aliphatic rings. The van der Waals surface area contributed by atoms with Crippen LogP contribution in [0.1, 0.15) is 10.5 Å². The molecule has 0 unspecified atom stereocenters. The molecular formula is C12H6Cl2FNO2. The van der Waals surface area contributed by atoms with Crippen molar-refractivity contribution in [2.45, 2.75) is 0 Å². The number of carboxylic acid groups (broad SMARTS) is 1. The van der Waals surface area contributed by atoms with Gasteiger partial charge in [-0.25, -0.2) is 9.78 Å². The van der Waals surface area contributed by atoms with E-state index in [2.05, 4.69) is 4.98 Å². The van der Waals surface area contributed by atoms with Crippen molar-refractivity contribution < 1.29 is 14.3 Å². The van der Waals surface area contributed by atoms with Crippen LogP contribution < -0.4 is 0 Å². The molecule has 0 aliphatic carbocycles. The standard InChI is InChI=1S/C12H6Cl2FNO2/c13-8-3-1-2-6(10(8)14)7-4-5-9(12(17)18)16-11(7)15/h1-5H,(H,17,18). The lowest BCUT2D eigenvalue weighted by molar-refractivity contribution is 0.0689. The molecule has 2 rings (SSSR count). The van der Waals surface area contributed by atoms with Gasteiger partial charge in [-0.15, -0.1) is 0 Å². The van der Waals surface area contributed by atoms with Gasteiger partial charge in [0.2, 0.25) is 5.95 Å². The summed E-state index contributed by atoms with van der Waals surface area (Å²) >= 11 is 11.8. The molecule has 2 aromatic rings. The van der Waals surface area contributed by atoms with E-state index in [0.717, 1.165) is 0 Å². The minimum absolute atomic E-state index is 0.104. The van der Waals surface area contributed by atoms with Gasteiger partial charge in [0.05, 0.1) is 10.0 Å². The van der Waals surface area contributed by atoms with Gasteiger partial charge in [0.1, 0.15) is 0 Å². The van der Waals surface area contributed by atoms with Gasteiger partial charge >= 0.3 is 5.97 Å². The predicted octanol–water partition coefficient (Wildman–Crippen LogP) is 3.89. The summed E-state index contributed by atoms with van der Waals surface area (Å²) in [6, 6.07) is 7.29. The van der Waals surface area contributed by atoms with Crippen molar-refractivity contribution in [3.05, 3.63) is 52.0 Å². The van der Waals surface area contributed by atoms with Crippen LogP contribution in [0.15, 0.2) is 30.3 Å². The number of aromatic nitrogens is 1. The third-order valence-corrected chi connectivity index (χ3v) is 3.13. The van der Waals surface area contributed by atoms with Crippen LogP contribution in [0.5, 0.6) is 0 Å². The second-order valence-electron chi connectivity index (χ2n) is 3.44. The highest BCUT2D eigenvalue weighted by Crippen LogP contribution is 2.34. The molecule has 0 radical (unpaired) electrons. The first-order valence-corrected chi connectivity index (χ1v) is 5.60. The molecule has 0 bridgehead atoms. The van der Waals surface area contributed by atoms with E-state index in [1.54, 1.807) is 18.2 Å². The van der Waals surface area contributed by atoms with E-state index < -0.39 is 11.9 Å². The molecule has 0 amide bonds. The number of aromatic carboxylic acids is 1. The van der Waals surface area contributed by atoms with E-state index in [9.17, 15) is 9.18 Å². The Morgan fingerprint density at radius 3 is 2.50 bits per heavy atom. The summed E-state index contributed by atoms with van der Waals surface area (Å²) in [4.78, 5) is 14.0. The normalized spacial score (nSPS) is 10.4. The number of nitrogens with zero attached hydrogens (tertiary/aromatic N) is 1. The van der Waals surface area contributed by atoms with Crippen molar-refractivity contribution in [1.29, 1.82) is 0 Å². The highest BCUT2D eigenvalue weighted by atomic mass is 35.5. The van der Waals surface area contributed by atoms with Crippen molar-refractivity contribution >= 4 is 29.2 Å². The van der Waals surface area contributed by atoms with E-state index in [1.165, 1.54) is 12.1 Å². The maximum absolute atomic E-state index is 13.7. The molecule has 6 heteroatoms. The van der Waals surface area contributed by atoms with Gasteiger partial charge in [-0.1, -0.05) is 35.3 Å². The molecule has 1 N–H and O–H groups in total. The Morgan fingerprint density at radius 2 is 1.89 bits per heavy atom. The second kappa shape index (κ2) is 4.92. The van der Waals surface area contributed by atoms with Crippen LogP contribution in [0.2, 0.25) is 10.0 Å². The third-order valence-electron chi connectivity index (χ3n) is 2.31. The SMILES string of the molecule is O=C(O)c1ccc(-c2cccc(Cl)c2Cl)c(F)n1. The number of pyridine rings is 1. The van der Waals surface area contributed by atoms with Crippen molar-refractivity contribution in [2.75, 3.05) is 0 Å². The maximum Gasteiger partial charge on any atom is 0.354 e. The summed E-state index contributed by atoms with van der Waals surface area (Å²) in [6.45, 7) is 0. The number of carbonyl (C=O) groups is 1. The Morgan fingerprint density at radius 1 is 1.17 bits per heavy atom. The summed E-state index contributed by atoms with van der Waals surface area (Å²) in [6.07, 6.45) is 0. The maximum atomic E-state index is 13.7. The summed E-state index contributed by atoms with van der Waals surface area (Å²) in [7, 11) is 0. The fourth-order valence-corrected chi connectivity index (χ4v) is 1.87. The zero-order valence-corrected chi connectivity index (χ0v) is 10.3. The number of rotatable bonds is 2. The van der Waals surface area contributed by atoms with Crippen molar-refractivity contribution in [1.82, 2.24) is 4.98 Å². The fourth-order valence-electron chi connectivity index (χ4n) is 1.47. The van der Waals surface area contributed by atoms with E-state index in [1.807, 2.05) is 0 Å². The first-order valence-electron chi connectivity index (χ1n) is 4.85. The topological polar surface area (TPSA) is 50.2 Å². The molecule has 0 saturated heterocycles. The minimum Gasteiger partial charge on any atom is -0.477 e. The van der Waals surface area contributed by atoms with Gasteiger partial charge in [-0.05, 0) is 18.2 Å². The van der Waals surface area contributed by atoms with Crippen LogP contribution in [-0.4, -0.2) is 16.1 Å². The summed E-state index contributed by atoms with van der Waals surface area (Å²) < 4.78 is 13.7. The average molecular weight is 286 g/mol. The van der Waals surface area contributed by atoms with Gasteiger partial charge in [0, 0.05) is 11.1 Å². The van der Waals surface area contributed by atoms with Gasteiger partial charge in [-0.3, -0.25) is 0 Å². The molecule has 1 aromatic carbocycles. The van der Waals surface area contributed by atoms with E-state index in [-0.39, 0.29) is 21.3 Å². The van der Waals surface area contributed by atoms with Crippen molar-refractivity contribution in [2.24, 2.45) is 0 Å². The van der Waals surface area contributed by atoms with E-state index in [4.69, 9.17) is 28.3 Å². The number of halogens is 3. The summed E-state index contributed by atoms with van der Waals surface area (Å²) in [5, 5.41) is 9.18. The second-order valence-corrected chi connectivity index (χ2v) is 4.23. The zero-order chi connectivity index (χ0) is 13.3. The Bertz CT molecular complexity index is 631. The largest absolute Gasteiger partial charge is 0.477 e. The quantitative estimate of drug-likeness (QED) is 0.852. The van der Waals surface area contributed by atoms with Crippen molar-refractivity contribution in [3.8, 4) is 11.1 Å². The molecule has 1 aromatic heterocycles. The van der Waals surface area contributed by atoms with Crippen LogP contribution in [0.25, 0.3) is 11.1 Å². The minimum atomic E-state index is -1.29. The molecule has 0 aliphatic heterocycles. The predicted molar refractivity (Wildman–Crippen MR) is 66.6 cm³/mol. The number of benzene rings is 1. The van der Waals surface area contributed by atoms with Crippen molar-refractivity contribution in [3.63, 3.8) is 0 Å².